The minimum absolute atomic E-state index is 0.0961. The van der Waals surface area contributed by atoms with Gasteiger partial charge in [0.05, 0.1) is 20.3 Å². The molecule has 1 aromatic heterocycles. The Morgan fingerprint density at radius 2 is 2.04 bits per heavy atom. The van der Waals surface area contributed by atoms with E-state index in [4.69, 9.17) is 9.47 Å². The topological polar surface area (TPSA) is 59.0 Å². The number of hydrogen-bond donors (Lipinski definition) is 1. The minimum atomic E-state index is -0.748. The van der Waals surface area contributed by atoms with Crippen LogP contribution in [0, 0.1) is 0 Å². The predicted octanol–water partition coefficient (Wildman–Crippen LogP) is 3.79. The Hall–Kier alpha value is -2.05. The van der Waals surface area contributed by atoms with Gasteiger partial charge in [-0.25, -0.2) is 0 Å². The molecule has 1 aliphatic heterocycles. The Labute approximate surface area is 151 Å². The maximum Gasteiger partial charge on any atom is 0.320 e. The first-order chi connectivity index (χ1) is 12.2. The molecule has 5 nitrogen and oxygen atoms in total. The lowest BCUT2D eigenvalue weighted by molar-refractivity contribution is -0.145. The van der Waals surface area contributed by atoms with E-state index in [2.05, 4.69) is 11.0 Å². The number of rotatable bonds is 6. The first kappa shape index (κ1) is 17.8. The highest BCUT2D eigenvalue weighted by Crippen LogP contribution is 2.39. The second-order valence-electron chi connectivity index (χ2n) is 6.12. The normalized spacial score (nSPS) is 19.4. The predicted molar refractivity (Wildman–Crippen MR) is 97.7 cm³/mol. The van der Waals surface area contributed by atoms with E-state index in [1.54, 1.807) is 25.6 Å². The van der Waals surface area contributed by atoms with Crippen LogP contribution in [-0.4, -0.2) is 42.8 Å². The summed E-state index contributed by atoms with van der Waals surface area (Å²) in [5, 5.41) is 11.7. The molecular weight excluding hydrogens is 338 g/mol. The summed E-state index contributed by atoms with van der Waals surface area (Å²) in [5.74, 6) is 0.580. The monoisotopic (exact) mass is 361 g/mol. The molecule has 0 amide bonds. The van der Waals surface area contributed by atoms with Crippen LogP contribution in [0.25, 0.3) is 0 Å². The number of likely N-dealkylation sites (tertiary alicyclic amines) is 1. The van der Waals surface area contributed by atoms with E-state index in [0.29, 0.717) is 17.9 Å². The lowest BCUT2D eigenvalue weighted by Gasteiger charge is -2.39. The quantitative estimate of drug-likeness (QED) is 0.848. The Morgan fingerprint density at radius 3 is 2.68 bits per heavy atom. The fourth-order valence-electron chi connectivity index (χ4n) is 3.52. The lowest BCUT2D eigenvalue weighted by atomic mass is 9.95. The zero-order valence-corrected chi connectivity index (χ0v) is 15.3. The molecule has 134 valence electrons. The molecule has 0 spiro atoms. The molecule has 1 aliphatic rings. The molecule has 0 radical (unpaired) electrons. The van der Waals surface area contributed by atoms with Gasteiger partial charge < -0.3 is 14.6 Å². The van der Waals surface area contributed by atoms with Crippen molar-refractivity contribution in [1.29, 1.82) is 0 Å². The first-order valence-electron chi connectivity index (χ1n) is 8.39. The number of thiophene rings is 1. The van der Waals surface area contributed by atoms with Gasteiger partial charge in [0.2, 0.25) is 0 Å². The fraction of sp³-hybridized carbons (Fsp3) is 0.421. The molecule has 1 fully saturated rings. The van der Waals surface area contributed by atoms with Gasteiger partial charge in [-0.05, 0) is 48.5 Å². The van der Waals surface area contributed by atoms with Gasteiger partial charge in [-0.1, -0.05) is 18.6 Å². The Kier molecular flexibility index (Phi) is 5.60. The Balaban J connectivity index is 2.05. The van der Waals surface area contributed by atoms with Crippen LogP contribution in [0.5, 0.6) is 11.5 Å². The molecule has 25 heavy (non-hydrogen) atoms. The third-order valence-electron chi connectivity index (χ3n) is 4.70. The number of nitrogens with zero attached hydrogens (tertiary/aromatic N) is 1. The van der Waals surface area contributed by atoms with Crippen LogP contribution in [0.15, 0.2) is 35.7 Å². The van der Waals surface area contributed by atoms with Gasteiger partial charge in [0.15, 0.2) is 11.5 Å². The van der Waals surface area contributed by atoms with Crippen LogP contribution in [0.2, 0.25) is 0 Å². The molecule has 6 heteroatoms. The van der Waals surface area contributed by atoms with Crippen LogP contribution in [0.3, 0.4) is 0 Å². The van der Waals surface area contributed by atoms with Gasteiger partial charge in [-0.15, -0.1) is 11.3 Å². The van der Waals surface area contributed by atoms with Crippen molar-refractivity contribution in [2.24, 2.45) is 0 Å². The fourth-order valence-corrected chi connectivity index (χ4v) is 4.39. The number of methoxy groups -OCH3 is 2. The highest BCUT2D eigenvalue weighted by molar-refractivity contribution is 7.10. The molecule has 0 aliphatic carbocycles. The van der Waals surface area contributed by atoms with E-state index >= 15 is 0 Å². The number of aliphatic carboxylic acids is 1. The number of benzene rings is 1. The summed E-state index contributed by atoms with van der Waals surface area (Å²) in [6, 6.07) is 9.35. The standard InChI is InChI=1S/C19H23NO4S/c1-23-15-9-8-13(12-16(15)24-2)18(17-7-5-11-25-17)20-10-4-3-6-14(20)19(21)22/h5,7-9,11-12,14,18H,3-4,6,10H2,1-2H3,(H,21,22). The van der Waals surface area contributed by atoms with Gasteiger partial charge in [0.25, 0.3) is 0 Å². The largest absolute Gasteiger partial charge is 0.493 e. The lowest BCUT2D eigenvalue weighted by Crippen LogP contribution is -2.46. The highest BCUT2D eigenvalue weighted by atomic mass is 32.1. The Morgan fingerprint density at radius 1 is 1.24 bits per heavy atom. The van der Waals surface area contributed by atoms with Crippen molar-refractivity contribution in [2.45, 2.75) is 31.3 Å². The summed E-state index contributed by atoms with van der Waals surface area (Å²) in [6.45, 7) is 0.772. The van der Waals surface area contributed by atoms with Crippen molar-refractivity contribution >= 4 is 17.3 Å². The van der Waals surface area contributed by atoms with Crippen LogP contribution in [-0.2, 0) is 4.79 Å². The third-order valence-corrected chi connectivity index (χ3v) is 5.62. The van der Waals surface area contributed by atoms with Crippen molar-refractivity contribution in [3.63, 3.8) is 0 Å². The van der Waals surface area contributed by atoms with Crippen molar-refractivity contribution in [1.82, 2.24) is 4.90 Å². The van der Waals surface area contributed by atoms with E-state index in [0.717, 1.165) is 29.8 Å². The summed E-state index contributed by atoms with van der Waals surface area (Å²) in [5.41, 5.74) is 1.02. The second kappa shape index (κ2) is 7.89. The molecule has 2 unspecified atom stereocenters. The van der Waals surface area contributed by atoms with Gasteiger partial charge >= 0.3 is 5.97 Å². The number of hydrogen-bond acceptors (Lipinski definition) is 5. The van der Waals surface area contributed by atoms with Gasteiger partial charge in [0, 0.05) is 4.88 Å². The van der Waals surface area contributed by atoms with Crippen LogP contribution >= 0.6 is 11.3 Å². The smallest absolute Gasteiger partial charge is 0.320 e. The number of carboxylic acid groups (broad SMARTS) is 1. The number of carbonyl (C=O) groups is 1. The Bertz CT molecular complexity index is 716. The second-order valence-corrected chi connectivity index (χ2v) is 7.10. The minimum Gasteiger partial charge on any atom is -0.493 e. The molecule has 0 saturated carbocycles. The van der Waals surface area contributed by atoms with E-state index in [1.807, 2.05) is 29.6 Å². The van der Waals surface area contributed by atoms with E-state index in [9.17, 15) is 9.90 Å². The first-order valence-corrected chi connectivity index (χ1v) is 9.27. The summed E-state index contributed by atoms with van der Waals surface area (Å²) in [4.78, 5) is 15.1. The summed E-state index contributed by atoms with van der Waals surface area (Å²) in [7, 11) is 3.22. The zero-order chi connectivity index (χ0) is 17.8. The van der Waals surface area contributed by atoms with Crippen molar-refractivity contribution in [3.8, 4) is 11.5 Å². The number of ether oxygens (including phenoxy) is 2. The van der Waals surface area contributed by atoms with Crippen LogP contribution in [0.4, 0.5) is 0 Å². The highest BCUT2D eigenvalue weighted by Gasteiger charge is 2.35. The third kappa shape index (κ3) is 3.65. The molecule has 3 rings (SSSR count). The maximum atomic E-state index is 11.8. The maximum absolute atomic E-state index is 11.8. The summed E-state index contributed by atoms with van der Waals surface area (Å²) < 4.78 is 10.8. The molecule has 1 aromatic carbocycles. The molecule has 1 N–H and O–H groups in total. The SMILES string of the molecule is COc1ccc(C(c2cccs2)N2CCCCC2C(=O)O)cc1OC. The van der Waals surface area contributed by atoms with E-state index in [-0.39, 0.29) is 6.04 Å². The van der Waals surface area contributed by atoms with Gasteiger partial charge in [-0.3, -0.25) is 9.69 Å². The molecule has 1 saturated heterocycles. The zero-order valence-electron chi connectivity index (χ0n) is 14.5. The average Bonchev–Trinajstić information content (AvgIpc) is 3.16. The molecule has 2 heterocycles. The van der Waals surface area contributed by atoms with Crippen LogP contribution in [0.1, 0.15) is 35.7 Å². The van der Waals surface area contributed by atoms with Gasteiger partial charge in [-0.2, -0.15) is 0 Å². The number of carboxylic acids is 1. The van der Waals surface area contributed by atoms with Crippen molar-refractivity contribution in [2.75, 3.05) is 20.8 Å². The van der Waals surface area contributed by atoms with Gasteiger partial charge in [0.1, 0.15) is 6.04 Å². The average molecular weight is 361 g/mol. The summed E-state index contributed by atoms with van der Waals surface area (Å²) >= 11 is 1.65. The van der Waals surface area contributed by atoms with E-state index in [1.165, 1.54) is 0 Å². The van der Waals surface area contributed by atoms with Crippen LogP contribution < -0.4 is 9.47 Å². The molecular formula is C19H23NO4S. The van der Waals surface area contributed by atoms with Crippen molar-refractivity contribution < 1.29 is 19.4 Å². The molecule has 0 bridgehead atoms. The summed E-state index contributed by atoms with van der Waals surface area (Å²) in [6.07, 6.45) is 2.65. The molecule has 2 atom stereocenters. The van der Waals surface area contributed by atoms with E-state index < -0.39 is 12.0 Å². The number of piperidine rings is 1. The van der Waals surface area contributed by atoms with Crippen molar-refractivity contribution in [3.05, 3.63) is 46.2 Å². The molecule has 2 aromatic rings.